The normalized spacial score (nSPS) is 12.0. The summed E-state index contributed by atoms with van der Waals surface area (Å²) in [5.74, 6) is 0. The number of halogens is 1. The van der Waals surface area contributed by atoms with E-state index < -0.39 is 5.56 Å². The smallest absolute Gasteiger partial charge is 0.266 e. The third kappa shape index (κ3) is 3.67. The molecule has 0 spiro atoms. The third-order valence-electron chi connectivity index (χ3n) is 4.11. The largest absolute Gasteiger partial charge is 0.296 e. The first-order chi connectivity index (χ1) is 13.0. The van der Waals surface area contributed by atoms with Crippen LogP contribution in [0.2, 0.25) is 5.02 Å². The van der Waals surface area contributed by atoms with E-state index in [0.29, 0.717) is 16.0 Å². The van der Waals surface area contributed by atoms with Crippen LogP contribution in [0, 0.1) is 6.92 Å². The lowest BCUT2D eigenvalue weighted by Crippen LogP contribution is -2.28. The van der Waals surface area contributed by atoms with Crippen molar-refractivity contribution in [3.63, 3.8) is 0 Å². The van der Waals surface area contributed by atoms with E-state index in [4.69, 9.17) is 11.6 Å². The molecule has 5 nitrogen and oxygen atoms in total. The second kappa shape index (κ2) is 7.06. The minimum atomic E-state index is -0.408. The number of fused-ring (bicyclic) bond motifs is 1. The Morgan fingerprint density at radius 3 is 2.48 bits per heavy atom. The number of thiazole rings is 1. The van der Waals surface area contributed by atoms with Gasteiger partial charge in [-0.15, -0.1) is 0 Å². The monoisotopic (exact) mass is 395 g/mol. The van der Waals surface area contributed by atoms with E-state index in [9.17, 15) is 9.59 Å². The number of aromatic nitrogens is 3. The molecule has 4 aromatic rings. The summed E-state index contributed by atoms with van der Waals surface area (Å²) in [6.07, 6.45) is 2.07. The van der Waals surface area contributed by atoms with Crippen molar-refractivity contribution in [2.75, 3.05) is 0 Å². The highest BCUT2D eigenvalue weighted by Gasteiger charge is 2.11. The lowest BCUT2D eigenvalue weighted by molar-refractivity contribution is 0.811. The molecule has 0 fully saturated rings. The van der Waals surface area contributed by atoms with Crippen molar-refractivity contribution >= 4 is 34.0 Å². The Labute approximate surface area is 163 Å². The maximum absolute atomic E-state index is 12.7. The fourth-order valence-electron chi connectivity index (χ4n) is 2.66. The van der Waals surface area contributed by atoms with Crippen LogP contribution < -0.4 is 15.7 Å². The number of hydrogen-bond acceptors (Lipinski definition) is 5. The average Bonchev–Trinajstić information content (AvgIpc) is 2.94. The Morgan fingerprint density at radius 2 is 1.78 bits per heavy atom. The molecule has 2 aromatic heterocycles. The van der Waals surface area contributed by atoms with Crippen molar-refractivity contribution in [2.45, 2.75) is 13.3 Å². The standard InChI is InChI=1S/C20H14ClN3O2S/c1-12-2-4-13(5-3-12)10-16-18(25)22-20-24(23-16)19(26)17(27-20)11-14-6-8-15(21)9-7-14/h2-9,11H,10H2,1H3/b17-11+. The third-order valence-corrected chi connectivity index (χ3v) is 5.32. The maximum atomic E-state index is 12.7. The van der Waals surface area contributed by atoms with E-state index in [-0.39, 0.29) is 16.2 Å². The van der Waals surface area contributed by atoms with Crippen molar-refractivity contribution < 1.29 is 0 Å². The molecule has 0 saturated carbocycles. The summed E-state index contributed by atoms with van der Waals surface area (Å²) in [5.41, 5.74) is 2.48. The van der Waals surface area contributed by atoms with Gasteiger partial charge in [0.1, 0.15) is 5.69 Å². The molecule has 0 aliphatic rings. The number of hydrogen-bond donors (Lipinski definition) is 0. The summed E-state index contributed by atoms with van der Waals surface area (Å²) in [5, 5.41) is 4.89. The van der Waals surface area contributed by atoms with Gasteiger partial charge in [-0.05, 0) is 36.3 Å². The molecule has 0 N–H and O–H groups in total. The van der Waals surface area contributed by atoms with Crippen LogP contribution in [0.3, 0.4) is 0 Å². The Kier molecular flexibility index (Phi) is 4.59. The fourth-order valence-corrected chi connectivity index (χ4v) is 3.69. The van der Waals surface area contributed by atoms with Crippen molar-refractivity contribution in [1.29, 1.82) is 0 Å². The van der Waals surface area contributed by atoms with Crippen LogP contribution >= 0.6 is 22.9 Å². The van der Waals surface area contributed by atoms with Crippen LogP contribution in [0.1, 0.15) is 22.4 Å². The molecular weight excluding hydrogens is 382 g/mol. The first kappa shape index (κ1) is 17.6. The number of nitrogens with zero attached hydrogens (tertiary/aromatic N) is 3. The van der Waals surface area contributed by atoms with Gasteiger partial charge in [0.2, 0.25) is 4.96 Å². The number of aryl methyl sites for hydroxylation is 1. The second-order valence-electron chi connectivity index (χ2n) is 6.19. The second-order valence-corrected chi connectivity index (χ2v) is 7.63. The molecule has 0 unspecified atom stereocenters. The first-order valence-corrected chi connectivity index (χ1v) is 9.45. The van der Waals surface area contributed by atoms with Gasteiger partial charge in [0, 0.05) is 11.4 Å². The summed E-state index contributed by atoms with van der Waals surface area (Å²) in [4.78, 5) is 29.3. The van der Waals surface area contributed by atoms with Gasteiger partial charge in [0.25, 0.3) is 11.1 Å². The van der Waals surface area contributed by atoms with E-state index in [2.05, 4.69) is 10.1 Å². The average molecular weight is 396 g/mol. The quantitative estimate of drug-likeness (QED) is 0.535. The summed E-state index contributed by atoms with van der Waals surface area (Å²) in [7, 11) is 0. The summed E-state index contributed by atoms with van der Waals surface area (Å²) >= 11 is 7.03. The van der Waals surface area contributed by atoms with E-state index in [1.807, 2.05) is 43.3 Å². The molecule has 0 atom stereocenters. The van der Waals surface area contributed by atoms with E-state index in [1.165, 1.54) is 4.52 Å². The van der Waals surface area contributed by atoms with Gasteiger partial charge < -0.3 is 0 Å². The number of rotatable bonds is 3. The predicted molar refractivity (Wildman–Crippen MR) is 108 cm³/mol. The topological polar surface area (TPSA) is 64.3 Å². The van der Waals surface area contributed by atoms with Crippen LogP contribution in [-0.2, 0) is 6.42 Å². The molecule has 27 heavy (non-hydrogen) atoms. The SMILES string of the molecule is Cc1ccc(Cc2nn3c(=O)/c(=C\c4ccc(Cl)cc4)sc3nc2=O)cc1. The fraction of sp³-hybridized carbons (Fsp3) is 0.100. The van der Waals surface area contributed by atoms with Crippen molar-refractivity contribution in [3.05, 3.63) is 101 Å². The molecule has 0 aliphatic heterocycles. The maximum Gasteiger partial charge on any atom is 0.296 e. The Bertz CT molecular complexity index is 1290. The lowest BCUT2D eigenvalue weighted by Gasteiger charge is -2.01. The minimum Gasteiger partial charge on any atom is -0.266 e. The Morgan fingerprint density at radius 1 is 1.07 bits per heavy atom. The van der Waals surface area contributed by atoms with Gasteiger partial charge >= 0.3 is 0 Å². The van der Waals surface area contributed by atoms with E-state index in [1.54, 1.807) is 18.2 Å². The van der Waals surface area contributed by atoms with Crippen LogP contribution in [0.25, 0.3) is 11.0 Å². The number of benzene rings is 2. The molecular formula is C20H14ClN3O2S. The Balaban J connectivity index is 1.79. The highest BCUT2D eigenvalue weighted by atomic mass is 35.5. The first-order valence-electron chi connectivity index (χ1n) is 8.25. The molecule has 0 radical (unpaired) electrons. The molecule has 4 rings (SSSR count). The highest BCUT2D eigenvalue weighted by Crippen LogP contribution is 2.10. The van der Waals surface area contributed by atoms with Crippen LogP contribution in [0.15, 0.2) is 58.1 Å². The van der Waals surface area contributed by atoms with E-state index >= 15 is 0 Å². The zero-order valence-electron chi connectivity index (χ0n) is 14.3. The summed E-state index contributed by atoms with van der Waals surface area (Å²) < 4.78 is 1.67. The van der Waals surface area contributed by atoms with Crippen molar-refractivity contribution in [1.82, 2.24) is 14.6 Å². The summed E-state index contributed by atoms with van der Waals surface area (Å²) in [6, 6.07) is 15.0. The molecule has 0 saturated heterocycles. The summed E-state index contributed by atoms with van der Waals surface area (Å²) in [6.45, 7) is 2.00. The van der Waals surface area contributed by atoms with Gasteiger partial charge in [0.15, 0.2) is 0 Å². The zero-order chi connectivity index (χ0) is 19.0. The van der Waals surface area contributed by atoms with Crippen LogP contribution in [0.4, 0.5) is 0 Å². The highest BCUT2D eigenvalue weighted by molar-refractivity contribution is 7.15. The lowest BCUT2D eigenvalue weighted by atomic mass is 10.1. The van der Waals surface area contributed by atoms with Gasteiger partial charge in [0.05, 0.1) is 4.53 Å². The van der Waals surface area contributed by atoms with Crippen LogP contribution in [0.5, 0.6) is 0 Å². The Hall–Kier alpha value is -2.83. The zero-order valence-corrected chi connectivity index (χ0v) is 15.9. The van der Waals surface area contributed by atoms with Gasteiger partial charge in [-0.2, -0.15) is 14.6 Å². The minimum absolute atomic E-state index is 0.254. The molecule has 0 bridgehead atoms. The molecule has 0 aliphatic carbocycles. The van der Waals surface area contributed by atoms with Crippen molar-refractivity contribution in [3.8, 4) is 0 Å². The van der Waals surface area contributed by atoms with Gasteiger partial charge in [-0.1, -0.05) is 64.9 Å². The molecule has 0 amide bonds. The molecule has 2 aromatic carbocycles. The molecule has 7 heteroatoms. The predicted octanol–water partition coefficient (Wildman–Crippen LogP) is 2.61. The van der Waals surface area contributed by atoms with Gasteiger partial charge in [-0.25, -0.2) is 0 Å². The van der Waals surface area contributed by atoms with Gasteiger partial charge in [-0.3, -0.25) is 9.59 Å². The van der Waals surface area contributed by atoms with Crippen LogP contribution in [-0.4, -0.2) is 14.6 Å². The van der Waals surface area contributed by atoms with Crippen molar-refractivity contribution in [2.24, 2.45) is 0 Å². The molecule has 2 heterocycles. The molecule has 134 valence electrons. The van der Waals surface area contributed by atoms with E-state index in [0.717, 1.165) is 28.0 Å².